The molecule has 2 rings (SSSR count). The number of nitrogens with one attached hydrogen (secondary N) is 1. The van der Waals surface area contributed by atoms with Gasteiger partial charge in [-0.25, -0.2) is 4.98 Å². The number of aromatic nitrogens is 1. The first-order valence-electron chi connectivity index (χ1n) is 7.65. The summed E-state index contributed by atoms with van der Waals surface area (Å²) in [5, 5.41) is 3.23. The number of hydrogen-bond donors (Lipinski definition) is 1. The molecule has 2 atom stereocenters. The van der Waals surface area contributed by atoms with Gasteiger partial charge in [-0.1, -0.05) is 19.9 Å². The van der Waals surface area contributed by atoms with Gasteiger partial charge < -0.3 is 10.2 Å². The van der Waals surface area contributed by atoms with E-state index in [9.17, 15) is 4.79 Å². The molecule has 1 aromatic rings. The normalized spacial score (nSPS) is 22.6. The van der Waals surface area contributed by atoms with Crippen LogP contribution in [0.15, 0.2) is 18.2 Å². The van der Waals surface area contributed by atoms with Crippen molar-refractivity contribution in [2.24, 2.45) is 5.92 Å². The first kappa shape index (κ1) is 14.8. The lowest BCUT2D eigenvalue weighted by Crippen LogP contribution is -2.46. The maximum Gasteiger partial charge on any atom is 0.272 e. The Labute approximate surface area is 121 Å². The third-order valence-electron chi connectivity index (χ3n) is 4.16. The van der Waals surface area contributed by atoms with Crippen LogP contribution >= 0.6 is 0 Å². The van der Waals surface area contributed by atoms with Gasteiger partial charge in [0.25, 0.3) is 5.91 Å². The van der Waals surface area contributed by atoms with Gasteiger partial charge in [0, 0.05) is 19.1 Å². The summed E-state index contributed by atoms with van der Waals surface area (Å²) >= 11 is 0. The van der Waals surface area contributed by atoms with Crippen LogP contribution in [0.3, 0.4) is 0 Å². The zero-order valence-corrected chi connectivity index (χ0v) is 12.7. The van der Waals surface area contributed by atoms with Crippen molar-refractivity contribution in [1.29, 1.82) is 0 Å². The Bertz CT molecular complexity index is 461. The maximum atomic E-state index is 12.6. The van der Waals surface area contributed by atoms with Crippen LogP contribution in [0.25, 0.3) is 0 Å². The van der Waals surface area contributed by atoms with Gasteiger partial charge >= 0.3 is 0 Å². The fourth-order valence-electron chi connectivity index (χ4n) is 2.67. The topological polar surface area (TPSA) is 45.2 Å². The van der Waals surface area contributed by atoms with E-state index in [0.717, 1.165) is 31.7 Å². The number of nitrogens with zero attached hydrogens (tertiary/aromatic N) is 2. The van der Waals surface area contributed by atoms with Crippen LogP contribution < -0.4 is 5.32 Å². The number of likely N-dealkylation sites (tertiary alicyclic amines) is 1. The van der Waals surface area contributed by atoms with E-state index >= 15 is 0 Å². The summed E-state index contributed by atoms with van der Waals surface area (Å²) < 4.78 is 0. The van der Waals surface area contributed by atoms with E-state index in [1.165, 1.54) is 6.42 Å². The minimum atomic E-state index is 0.0594. The molecule has 4 nitrogen and oxygen atoms in total. The van der Waals surface area contributed by atoms with Crippen molar-refractivity contribution in [3.63, 3.8) is 0 Å². The number of piperidine rings is 1. The second-order valence-electron chi connectivity index (χ2n) is 5.69. The van der Waals surface area contributed by atoms with Crippen molar-refractivity contribution in [2.45, 2.75) is 46.1 Å². The van der Waals surface area contributed by atoms with Crippen molar-refractivity contribution in [1.82, 2.24) is 9.88 Å². The summed E-state index contributed by atoms with van der Waals surface area (Å²) in [7, 11) is 0. The summed E-state index contributed by atoms with van der Waals surface area (Å²) in [4.78, 5) is 19.0. The van der Waals surface area contributed by atoms with Gasteiger partial charge in [0.2, 0.25) is 0 Å². The molecular formula is C16H25N3O. The standard InChI is InChI=1S/C16H25N3O/c1-4-10-17-15-9-5-8-14(18-15)16(20)19-11-6-7-12(2)13(19)3/h5,8-9,12-13H,4,6-7,10-11H2,1-3H3,(H,17,18). The van der Waals surface area contributed by atoms with Crippen LogP contribution in [0.2, 0.25) is 0 Å². The van der Waals surface area contributed by atoms with Gasteiger partial charge in [0.05, 0.1) is 0 Å². The Morgan fingerprint density at radius 1 is 1.45 bits per heavy atom. The number of pyridine rings is 1. The number of carbonyl (C=O) groups is 1. The summed E-state index contributed by atoms with van der Waals surface area (Å²) in [5.41, 5.74) is 0.548. The molecule has 0 saturated carbocycles. The number of carbonyl (C=O) groups excluding carboxylic acids is 1. The molecule has 1 aliphatic rings. The van der Waals surface area contributed by atoms with E-state index in [1.54, 1.807) is 0 Å². The molecule has 2 heterocycles. The summed E-state index contributed by atoms with van der Waals surface area (Å²) in [6.45, 7) is 8.19. The summed E-state index contributed by atoms with van der Waals surface area (Å²) in [5.74, 6) is 1.41. The highest BCUT2D eigenvalue weighted by Gasteiger charge is 2.29. The Morgan fingerprint density at radius 3 is 3.00 bits per heavy atom. The molecule has 4 heteroatoms. The molecular weight excluding hydrogens is 250 g/mol. The molecule has 1 fully saturated rings. The van der Waals surface area contributed by atoms with Crippen LogP contribution in [-0.2, 0) is 0 Å². The van der Waals surface area contributed by atoms with Crippen molar-refractivity contribution in [3.05, 3.63) is 23.9 Å². The highest BCUT2D eigenvalue weighted by Crippen LogP contribution is 2.24. The molecule has 0 radical (unpaired) electrons. The fourth-order valence-corrected chi connectivity index (χ4v) is 2.67. The number of anilines is 1. The maximum absolute atomic E-state index is 12.6. The third-order valence-corrected chi connectivity index (χ3v) is 4.16. The van der Waals surface area contributed by atoms with Gasteiger partial charge in [-0.05, 0) is 44.2 Å². The van der Waals surface area contributed by atoms with E-state index in [-0.39, 0.29) is 5.91 Å². The van der Waals surface area contributed by atoms with Gasteiger partial charge in [-0.3, -0.25) is 4.79 Å². The smallest absolute Gasteiger partial charge is 0.272 e. The molecule has 2 unspecified atom stereocenters. The van der Waals surface area contributed by atoms with Gasteiger partial charge in [-0.15, -0.1) is 0 Å². The van der Waals surface area contributed by atoms with E-state index in [4.69, 9.17) is 0 Å². The minimum absolute atomic E-state index is 0.0594. The summed E-state index contributed by atoms with van der Waals surface area (Å²) in [6, 6.07) is 5.92. The second kappa shape index (κ2) is 6.73. The summed E-state index contributed by atoms with van der Waals surface area (Å²) in [6.07, 6.45) is 3.34. The quantitative estimate of drug-likeness (QED) is 0.918. The average Bonchev–Trinajstić information content (AvgIpc) is 2.47. The van der Waals surface area contributed by atoms with E-state index in [1.807, 2.05) is 23.1 Å². The molecule has 1 saturated heterocycles. The minimum Gasteiger partial charge on any atom is -0.370 e. The number of hydrogen-bond acceptors (Lipinski definition) is 3. The van der Waals surface area contributed by atoms with Crippen LogP contribution in [0.1, 0.15) is 50.5 Å². The number of rotatable bonds is 4. The Balaban J connectivity index is 2.12. The van der Waals surface area contributed by atoms with E-state index < -0.39 is 0 Å². The van der Waals surface area contributed by atoms with Gasteiger partial charge in [0.15, 0.2) is 0 Å². The van der Waals surface area contributed by atoms with Crippen molar-refractivity contribution < 1.29 is 4.79 Å². The zero-order valence-electron chi connectivity index (χ0n) is 12.7. The van der Waals surface area contributed by atoms with Crippen LogP contribution in [-0.4, -0.2) is 34.9 Å². The predicted molar refractivity (Wildman–Crippen MR) is 81.9 cm³/mol. The predicted octanol–water partition coefficient (Wildman–Crippen LogP) is 3.16. The largest absolute Gasteiger partial charge is 0.370 e. The molecule has 1 N–H and O–H groups in total. The number of amides is 1. The zero-order chi connectivity index (χ0) is 14.5. The third kappa shape index (κ3) is 3.30. The SMILES string of the molecule is CCCNc1cccc(C(=O)N2CCCC(C)C2C)n1. The van der Waals surface area contributed by atoms with Crippen molar-refractivity contribution in [2.75, 3.05) is 18.4 Å². The van der Waals surface area contributed by atoms with Crippen LogP contribution in [0.4, 0.5) is 5.82 Å². The van der Waals surface area contributed by atoms with Crippen LogP contribution in [0, 0.1) is 5.92 Å². The fraction of sp³-hybridized carbons (Fsp3) is 0.625. The van der Waals surface area contributed by atoms with E-state index in [0.29, 0.717) is 17.7 Å². The molecule has 0 bridgehead atoms. The molecule has 1 aliphatic heterocycles. The lowest BCUT2D eigenvalue weighted by atomic mass is 9.92. The molecule has 0 spiro atoms. The molecule has 1 amide bonds. The Morgan fingerprint density at radius 2 is 2.25 bits per heavy atom. The lowest BCUT2D eigenvalue weighted by molar-refractivity contribution is 0.0545. The van der Waals surface area contributed by atoms with Crippen LogP contribution in [0.5, 0.6) is 0 Å². The molecule has 110 valence electrons. The van der Waals surface area contributed by atoms with Crippen molar-refractivity contribution >= 4 is 11.7 Å². The highest BCUT2D eigenvalue weighted by atomic mass is 16.2. The van der Waals surface area contributed by atoms with Crippen molar-refractivity contribution in [3.8, 4) is 0 Å². The van der Waals surface area contributed by atoms with Gasteiger partial charge in [0.1, 0.15) is 11.5 Å². The monoisotopic (exact) mass is 275 g/mol. The molecule has 0 aromatic carbocycles. The Kier molecular flexibility index (Phi) is 4.99. The van der Waals surface area contributed by atoms with Gasteiger partial charge in [-0.2, -0.15) is 0 Å². The highest BCUT2D eigenvalue weighted by molar-refractivity contribution is 5.93. The molecule has 1 aromatic heterocycles. The average molecular weight is 275 g/mol. The molecule has 0 aliphatic carbocycles. The van der Waals surface area contributed by atoms with E-state index in [2.05, 4.69) is 31.1 Å². The Hall–Kier alpha value is -1.58. The first-order valence-corrected chi connectivity index (χ1v) is 7.65. The first-order chi connectivity index (χ1) is 9.63. The molecule has 20 heavy (non-hydrogen) atoms. The lowest BCUT2D eigenvalue weighted by Gasteiger charge is -2.37. The second-order valence-corrected chi connectivity index (χ2v) is 5.69.